The van der Waals surface area contributed by atoms with Gasteiger partial charge in [0.25, 0.3) is 5.91 Å². The summed E-state index contributed by atoms with van der Waals surface area (Å²) >= 11 is 0. The van der Waals surface area contributed by atoms with E-state index in [-0.39, 0.29) is 24.0 Å². The number of anilines is 3. The highest BCUT2D eigenvalue weighted by Crippen LogP contribution is 2.37. The maximum absolute atomic E-state index is 12.4. The van der Waals surface area contributed by atoms with Crippen LogP contribution in [0.25, 0.3) is 11.0 Å². The number of carbonyl (C=O) groups excluding carboxylic acids is 1. The molecule has 8 nitrogen and oxygen atoms in total. The van der Waals surface area contributed by atoms with Crippen molar-refractivity contribution in [2.45, 2.75) is 25.4 Å². The lowest BCUT2D eigenvalue weighted by Crippen LogP contribution is -2.59. The minimum Gasteiger partial charge on any atom is -0.346 e. The summed E-state index contributed by atoms with van der Waals surface area (Å²) < 4.78 is 0. The van der Waals surface area contributed by atoms with Gasteiger partial charge in [-0.05, 0) is 38.0 Å². The van der Waals surface area contributed by atoms with Crippen LogP contribution in [0.5, 0.6) is 0 Å². The molecule has 0 saturated carbocycles. The molecule has 1 atom stereocenters. The number of nitrogens with one attached hydrogen (secondary N) is 3. The van der Waals surface area contributed by atoms with Crippen LogP contribution in [0.2, 0.25) is 0 Å². The number of aromatic amines is 1. The largest absolute Gasteiger partial charge is 0.346 e. The third-order valence-electron chi connectivity index (χ3n) is 5.00. The highest BCUT2D eigenvalue weighted by molar-refractivity contribution is 6.02. The molecule has 2 aliphatic heterocycles. The van der Waals surface area contributed by atoms with E-state index < -0.39 is 0 Å². The second kappa shape index (κ2) is 5.84. The minimum atomic E-state index is -0.349. The van der Waals surface area contributed by atoms with E-state index in [1.165, 1.54) is 6.33 Å². The summed E-state index contributed by atoms with van der Waals surface area (Å²) in [5, 5.41) is 7.25. The number of rotatable bonds is 2. The fraction of sp³-hybridized carbons (Fsp3) is 0.294. The summed E-state index contributed by atoms with van der Waals surface area (Å²) in [6.45, 7) is 2.94. The predicted octanol–water partition coefficient (Wildman–Crippen LogP) is 2.58. The fourth-order valence-corrected chi connectivity index (χ4v) is 3.74. The van der Waals surface area contributed by atoms with Crippen molar-refractivity contribution >= 4 is 46.8 Å². The Morgan fingerprint density at radius 2 is 2.15 bits per heavy atom. The molecule has 3 N–H and O–H groups in total. The molecule has 134 valence electrons. The van der Waals surface area contributed by atoms with Crippen LogP contribution in [0.1, 0.15) is 30.1 Å². The Morgan fingerprint density at radius 1 is 1.27 bits per heavy atom. The summed E-state index contributed by atoms with van der Waals surface area (Å²) in [6.07, 6.45) is 5.29. The summed E-state index contributed by atoms with van der Waals surface area (Å²) in [5.74, 6) is 2.00. The van der Waals surface area contributed by atoms with Crippen molar-refractivity contribution in [1.29, 1.82) is 0 Å². The number of pyridine rings is 1. The summed E-state index contributed by atoms with van der Waals surface area (Å²) in [7, 11) is 0. The molecule has 9 heteroatoms. The molecule has 3 aromatic heterocycles. The molecule has 0 aliphatic carbocycles. The third-order valence-corrected chi connectivity index (χ3v) is 5.00. The number of halogens is 1. The lowest BCUT2D eigenvalue weighted by molar-refractivity contribution is 0.0896. The van der Waals surface area contributed by atoms with Gasteiger partial charge in [0, 0.05) is 12.7 Å². The quantitative estimate of drug-likeness (QED) is 0.640. The van der Waals surface area contributed by atoms with E-state index >= 15 is 0 Å². The van der Waals surface area contributed by atoms with Gasteiger partial charge >= 0.3 is 0 Å². The molecular formula is C17H18ClN7O. The molecule has 0 spiro atoms. The first-order valence-corrected chi connectivity index (χ1v) is 8.30. The minimum absolute atomic E-state index is 0. The van der Waals surface area contributed by atoms with Gasteiger partial charge in [-0.15, -0.1) is 12.4 Å². The molecule has 2 aliphatic rings. The van der Waals surface area contributed by atoms with Crippen molar-refractivity contribution in [3.05, 3.63) is 36.3 Å². The van der Waals surface area contributed by atoms with Crippen molar-refractivity contribution in [2.24, 2.45) is 0 Å². The van der Waals surface area contributed by atoms with E-state index in [2.05, 4.69) is 37.4 Å². The number of carbonyl (C=O) groups is 1. The van der Waals surface area contributed by atoms with Crippen LogP contribution in [0.4, 0.5) is 17.5 Å². The van der Waals surface area contributed by atoms with Crippen LogP contribution < -0.4 is 15.5 Å². The zero-order chi connectivity index (χ0) is 17.0. The van der Waals surface area contributed by atoms with Crippen LogP contribution in [-0.2, 0) is 0 Å². The van der Waals surface area contributed by atoms with E-state index in [1.54, 1.807) is 6.07 Å². The smallest absolute Gasteiger partial charge is 0.256 e. The SMILES string of the molecule is CC12CCCN1c1nc(Nc3ncnc4[nH]ccc34)ccc1C(=O)N2.Cl. The first-order valence-electron chi connectivity index (χ1n) is 8.30. The fourth-order valence-electron chi connectivity index (χ4n) is 3.74. The zero-order valence-corrected chi connectivity index (χ0v) is 14.9. The van der Waals surface area contributed by atoms with Crippen LogP contribution in [-0.4, -0.2) is 38.1 Å². The second-order valence-corrected chi connectivity index (χ2v) is 6.64. The molecule has 1 saturated heterocycles. The van der Waals surface area contributed by atoms with Crippen LogP contribution in [0.3, 0.4) is 0 Å². The predicted molar refractivity (Wildman–Crippen MR) is 101 cm³/mol. The Labute approximate surface area is 155 Å². The van der Waals surface area contributed by atoms with Gasteiger partial charge in [0.1, 0.15) is 35.1 Å². The lowest BCUT2D eigenvalue weighted by Gasteiger charge is -2.41. The number of aromatic nitrogens is 4. The molecule has 1 amide bonds. The Hall–Kier alpha value is -2.87. The van der Waals surface area contributed by atoms with Gasteiger partial charge in [-0.25, -0.2) is 15.0 Å². The number of hydrogen-bond donors (Lipinski definition) is 3. The van der Waals surface area contributed by atoms with Crippen molar-refractivity contribution < 1.29 is 4.79 Å². The topological polar surface area (TPSA) is 98.8 Å². The Kier molecular flexibility index (Phi) is 3.73. The summed E-state index contributed by atoms with van der Waals surface area (Å²) in [5.41, 5.74) is 1.03. The normalized spacial score (nSPS) is 21.0. The highest BCUT2D eigenvalue weighted by atomic mass is 35.5. The molecule has 3 aromatic rings. The molecular weight excluding hydrogens is 354 g/mol. The van der Waals surface area contributed by atoms with Crippen LogP contribution in [0, 0.1) is 0 Å². The van der Waals surface area contributed by atoms with Crippen LogP contribution >= 0.6 is 12.4 Å². The molecule has 5 rings (SSSR count). The first-order chi connectivity index (χ1) is 12.1. The van der Waals surface area contributed by atoms with Gasteiger partial charge < -0.3 is 20.5 Å². The highest BCUT2D eigenvalue weighted by Gasteiger charge is 2.44. The van der Waals surface area contributed by atoms with Crippen LogP contribution in [0.15, 0.2) is 30.7 Å². The van der Waals surface area contributed by atoms with Gasteiger partial charge in [0.2, 0.25) is 0 Å². The molecule has 0 bridgehead atoms. The molecule has 0 radical (unpaired) electrons. The molecule has 5 heterocycles. The van der Waals surface area contributed by atoms with E-state index in [1.807, 2.05) is 18.3 Å². The van der Waals surface area contributed by atoms with Gasteiger partial charge in [-0.3, -0.25) is 4.79 Å². The number of hydrogen-bond acceptors (Lipinski definition) is 6. The third kappa shape index (κ3) is 2.37. The molecule has 0 aromatic carbocycles. The van der Waals surface area contributed by atoms with E-state index in [0.29, 0.717) is 17.2 Å². The Bertz CT molecular complexity index is 1000. The molecule has 26 heavy (non-hydrogen) atoms. The van der Waals surface area contributed by atoms with E-state index in [9.17, 15) is 4.79 Å². The lowest BCUT2D eigenvalue weighted by atomic mass is 10.0. The van der Waals surface area contributed by atoms with Gasteiger partial charge in [0.05, 0.1) is 10.9 Å². The van der Waals surface area contributed by atoms with E-state index in [4.69, 9.17) is 4.98 Å². The first kappa shape index (κ1) is 16.6. The molecule has 1 fully saturated rings. The molecule has 1 unspecified atom stereocenters. The number of nitrogens with zero attached hydrogens (tertiary/aromatic N) is 4. The van der Waals surface area contributed by atoms with Gasteiger partial charge in [0.15, 0.2) is 0 Å². The van der Waals surface area contributed by atoms with Crippen molar-refractivity contribution in [1.82, 2.24) is 25.3 Å². The summed E-state index contributed by atoms with van der Waals surface area (Å²) in [4.78, 5) is 30.9. The maximum atomic E-state index is 12.4. The van der Waals surface area contributed by atoms with Crippen molar-refractivity contribution in [3.8, 4) is 0 Å². The monoisotopic (exact) mass is 371 g/mol. The summed E-state index contributed by atoms with van der Waals surface area (Å²) in [6, 6.07) is 5.53. The number of H-pyrrole nitrogens is 1. The maximum Gasteiger partial charge on any atom is 0.256 e. The zero-order valence-electron chi connectivity index (χ0n) is 14.1. The van der Waals surface area contributed by atoms with Gasteiger partial charge in [-0.1, -0.05) is 0 Å². The van der Waals surface area contributed by atoms with Crippen molar-refractivity contribution in [2.75, 3.05) is 16.8 Å². The average molecular weight is 372 g/mol. The van der Waals surface area contributed by atoms with Crippen molar-refractivity contribution in [3.63, 3.8) is 0 Å². The van der Waals surface area contributed by atoms with E-state index in [0.717, 1.165) is 36.2 Å². The Morgan fingerprint density at radius 3 is 3.04 bits per heavy atom. The average Bonchev–Trinajstić information content (AvgIpc) is 3.21. The number of fused-ring (bicyclic) bond motifs is 4. The number of amides is 1. The van der Waals surface area contributed by atoms with Gasteiger partial charge in [-0.2, -0.15) is 0 Å². The Balaban J connectivity index is 0.00000168. The second-order valence-electron chi connectivity index (χ2n) is 6.64. The standard InChI is InChI=1S/C17H17N7O.ClH/c1-17-6-2-8-24(17)15-11(16(25)23-17)3-4-12(22-15)21-14-10-5-7-18-13(10)19-9-20-14;/h3-5,7,9H,2,6,8H2,1H3,(H,23,25)(H2,18,19,20,21,22);1H.